The van der Waals surface area contributed by atoms with Crippen molar-refractivity contribution in [2.24, 2.45) is 5.92 Å². The Morgan fingerprint density at radius 2 is 2.60 bits per heavy atom. The second-order valence-electron chi connectivity index (χ2n) is 3.17. The van der Waals surface area contributed by atoms with Gasteiger partial charge >= 0.3 is 0 Å². The van der Waals surface area contributed by atoms with Gasteiger partial charge in [-0.15, -0.1) is 0 Å². The molecule has 1 rings (SSSR count). The van der Waals surface area contributed by atoms with Crippen molar-refractivity contribution in [2.75, 3.05) is 0 Å². The molecule has 1 aliphatic carbocycles. The monoisotopic (exact) mass is 137 g/mol. The zero-order valence-corrected chi connectivity index (χ0v) is 6.85. The molecule has 0 bridgehead atoms. The van der Waals surface area contributed by atoms with E-state index in [4.69, 9.17) is 1.37 Å². The van der Waals surface area contributed by atoms with Gasteiger partial charge in [0.15, 0.2) is 0 Å². The smallest absolute Gasteiger partial charge is 0.0313 e. The van der Waals surface area contributed by atoms with Gasteiger partial charge in [-0.2, -0.15) is 0 Å². The first kappa shape index (κ1) is 6.21. The molecule has 1 unspecified atom stereocenters. The molecule has 0 aliphatic heterocycles. The number of rotatable bonds is 1. The minimum Gasteiger partial charge on any atom is -0.0998 e. The summed E-state index contributed by atoms with van der Waals surface area (Å²) in [6, 6.07) is 0. The summed E-state index contributed by atoms with van der Waals surface area (Å²) in [5.74, 6) is 0.557. The molecule has 0 N–H and O–H groups in total. The van der Waals surface area contributed by atoms with Crippen LogP contribution in [0.15, 0.2) is 23.8 Å². The summed E-state index contributed by atoms with van der Waals surface area (Å²) in [6.07, 6.45) is 4.26. The molecule has 0 heterocycles. The van der Waals surface area contributed by atoms with E-state index in [0.717, 1.165) is 12.8 Å². The van der Waals surface area contributed by atoms with Gasteiger partial charge in [-0.05, 0) is 39.0 Å². The molecule has 0 aromatic carbocycles. The van der Waals surface area contributed by atoms with E-state index in [9.17, 15) is 0 Å². The maximum absolute atomic E-state index is 7.69. The van der Waals surface area contributed by atoms with E-state index in [1.54, 1.807) is 0 Å². The van der Waals surface area contributed by atoms with Crippen LogP contribution in [-0.4, -0.2) is 0 Å². The quantitative estimate of drug-likeness (QED) is 0.486. The van der Waals surface area contributed by atoms with Gasteiger partial charge < -0.3 is 0 Å². The van der Waals surface area contributed by atoms with Crippen LogP contribution in [0.25, 0.3) is 0 Å². The molecular weight excluding hydrogens is 120 g/mol. The molecule has 10 heavy (non-hydrogen) atoms. The third-order valence-corrected chi connectivity index (χ3v) is 2.15. The summed E-state index contributed by atoms with van der Waals surface area (Å²) in [5.41, 5.74) is 2.45. The molecule has 0 aromatic heterocycles. The molecule has 0 nitrogen and oxygen atoms in total. The highest BCUT2D eigenvalue weighted by molar-refractivity contribution is 5.09. The third kappa shape index (κ3) is 1.73. The van der Waals surface area contributed by atoms with Gasteiger partial charge in [0.25, 0.3) is 0 Å². The molecule has 0 amide bonds. The van der Waals surface area contributed by atoms with Crippen LogP contribution in [0.3, 0.4) is 0 Å². The predicted octanol–water partition coefficient (Wildman–Crippen LogP) is 3.31. The Kier molecular flexibility index (Phi) is 1.89. The normalized spacial score (nSPS) is 34.6. The molecule has 0 saturated heterocycles. The Morgan fingerprint density at radius 1 is 1.90 bits per heavy atom. The van der Waals surface area contributed by atoms with E-state index in [2.05, 4.69) is 19.6 Å². The molecule has 2 atom stereocenters. The van der Waals surface area contributed by atoms with E-state index >= 15 is 0 Å². The molecule has 0 spiro atoms. The van der Waals surface area contributed by atoms with Gasteiger partial charge in [-0.3, -0.25) is 0 Å². The predicted molar refractivity (Wildman–Crippen MR) is 45.9 cm³/mol. The van der Waals surface area contributed by atoms with E-state index in [0.29, 0.717) is 5.92 Å². The zero-order valence-electron chi connectivity index (χ0n) is 7.85. The third-order valence-electron chi connectivity index (χ3n) is 2.15. The van der Waals surface area contributed by atoms with E-state index in [1.165, 1.54) is 11.1 Å². The van der Waals surface area contributed by atoms with Gasteiger partial charge in [-0.25, -0.2) is 0 Å². The molecule has 0 heteroatoms. The van der Waals surface area contributed by atoms with Gasteiger partial charge in [-0.1, -0.05) is 23.8 Å². The van der Waals surface area contributed by atoms with Gasteiger partial charge in [0.2, 0.25) is 0 Å². The topological polar surface area (TPSA) is 0 Å². The van der Waals surface area contributed by atoms with Crippen LogP contribution in [0.2, 0.25) is 0 Å². The van der Waals surface area contributed by atoms with Crippen molar-refractivity contribution < 1.29 is 1.37 Å². The van der Waals surface area contributed by atoms with Crippen molar-refractivity contribution >= 4 is 0 Å². The maximum atomic E-state index is 7.69. The van der Waals surface area contributed by atoms with Crippen molar-refractivity contribution in [3.63, 3.8) is 0 Å². The van der Waals surface area contributed by atoms with Crippen LogP contribution in [0.5, 0.6) is 0 Å². The first-order valence-corrected chi connectivity index (χ1v) is 3.85. The van der Waals surface area contributed by atoms with Crippen molar-refractivity contribution in [1.29, 1.82) is 0 Å². The first-order chi connectivity index (χ1) is 5.11. The van der Waals surface area contributed by atoms with Crippen molar-refractivity contribution in [3.8, 4) is 0 Å². The molecule has 0 fully saturated rings. The SMILES string of the molecule is [2H]C1C[C@@H](C(=C)C)CC=C1C. The van der Waals surface area contributed by atoms with E-state index in [-0.39, 0.29) is 6.40 Å². The summed E-state index contributed by atoms with van der Waals surface area (Å²) in [7, 11) is 0. The van der Waals surface area contributed by atoms with Crippen molar-refractivity contribution in [1.82, 2.24) is 0 Å². The fourth-order valence-corrected chi connectivity index (χ4v) is 1.24. The minimum absolute atomic E-state index is 0.0189. The summed E-state index contributed by atoms with van der Waals surface area (Å²) < 4.78 is 7.69. The Morgan fingerprint density at radius 3 is 3.10 bits per heavy atom. The lowest BCUT2D eigenvalue weighted by molar-refractivity contribution is 0.540. The molecule has 0 radical (unpaired) electrons. The Balaban J connectivity index is 2.62. The van der Waals surface area contributed by atoms with Gasteiger partial charge in [0.05, 0.1) is 0 Å². The summed E-state index contributed by atoms with van der Waals surface area (Å²) >= 11 is 0. The molecule has 1 aliphatic rings. The maximum Gasteiger partial charge on any atom is 0.0313 e. The standard InChI is InChI=1S/C10H16/c1-8(2)10-6-4-9(3)5-7-10/h4,10H,1,5-7H2,2-3H3/t10-/m0/s1/i5D/t5?,10-. The first-order valence-electron chi connectivity index (χ1n) is 4.43. The highest BCUT2D eigenvalue weighted by atomic mass is 14.2. The number of hydrogen-bond acceptors (Lipinski definition) is 0. The average molecular weight is 137 g/mol. The van der Waals surface area contributed by atoms with Crippen LogP contribution in [0, 0.1) is 5.92 Å². The van der Waals surface area contributed by atoms with Crippen LogP contribution < -0.4 is 0 Å². The van der Waals surface area contributed by atoms with Crippen molar-refractivity contribution in [3.05, 3.63) is 23.8 Å². The summed E-state index contributed by atoms with van der Waals surface area (Å²) in [6.45, 7) is 8.04. The highest BCUT2D eigenvalue weighted by Crippen LogP contribution is 2.27. The van der Waals surface area contributed by atoms with Gasteiger partial charge in [0.1, 0.15) is 0 Å². The minimum atomic E-state index is 0.0189. The summed E-state index contributed by atoms with van der Waals surface area (Å²) in [5, 5.41) is 0. The molecular formula is C10H16. The van der Waals surface area contributed by atoms with Crippen LogP contribution in [0.1, 0.15) is 34.5 Å². The van der Waals surface area contributed by atoms with Crippen LogP contribution >= 0.6 is 0 Å². The van der Waals surface area contributed by atoms with E-state index < -0.39 is 0 Å². The molecule has 56 valence electrons. The lowest BCUT2D eigenvalue weighted by Crippen LogP contribution is -2.04. The van der Waals surface area contributed by atoms with Crippen LogP contribution in [0.4, 0.5) is 0 Å². The largest absolute Gasteiger partial charge is 0.0998 e. The van der Waals surface area contributed by atoms with E-state index in [1.807, 2.05) is 6.92 Å². The lowest BCUT2D eigenvalue weighted by atomic mass is 9.86. The molecule has 0 aromatic rings. The summed E-state index contributed by atoms with van der Waals surface area (Å²) in [4.78, 5) is 0. The number of allylic oxidation sites excluding steroid dienone is 3. The van der Waals surface area contributed by atoms with Crippen molar-refractivity contribution in [2.45, 2.75) is 33.1 Å². The Bertz CT molecular complexity index is 191. The highest BCUT2D eigenvalue weighted by Gasteiger charge is 2.11. The van der Waals surface area contributed by atoms with Gasteiger partial charge in [0, 0.05) is 1.37 Å². The Hall–Kier alpha value is -0.520. The fraction of sp³-hybridized carbons (Fsp3) is 0.600. The molecule has 0 saturated carbocycles. The second kappa shape index (κ2) is 3.05. The zero-order chi connectivity index (χ0) is 8.43. The lowest BCUT2D eigenvalue weighted by Gasteiger charge is -2.19. The average Bonchev–Trinajstić information content (AvgIpc) is 1.94. The second-order valence-corrected chi connectivity index (χ2v) is 3.17. The fourth-order valence-electron chi connectivity index (χ4n) is 1.24. The van der Waals surface area contributed by atoms with Crippen LogP contribution in [-0.2, 0) is 0 Å². The number of hydrogen-bond donors (Lipinski definition) is 0. The Labute approximate surface area is 65.0 Å².